The minimum Gasteiger partial charge on any atom is -0.438 e. The SMILES string of the molecule is Cc1cncc(-n2c(=O)c(-c3ccc(F)c(Cl)c3)c(Oc3ccc(F)cc3Cl)n(CC#N)c2=O)c1. The van der Waals surface area contributed by atoms with E-state index >= 15 is 0 Å². The van der Waals surface area contributed by atoms with Crippen LogP contribution >= 0.6 is 23.2 Å². The summed E-state index contributed by atoms with van der Waals surface area (Å²) in [5.41, 5.74) is -1.01. The monoisotopic (exact) mass is 514 g/mol. The molecule has 11 heteroatoms. The summed E-state index contributed by atoms with van der Waals surface area (Å²) in [6.07, 6.45) is 2.85. The second-order valence-electron chi connectivity index (χ2n) is 7.37. The van der Waals surface area contributed by atoms with Crippen LogP contribution in [-0.4, -0.2) is 14.1 Å². The molecule has 4 aromatic rings. The van der Waals surface area contributed by atoms with Crippen molar-refractivity contribution in [1.82, 2.24) is 14.1 Å². The van der Waals surface area contributed by atoms with Crippen LogP contribution in [0.5, 0.6) is 11.6 Å². The summed E-state index contributed by atoms with van der Waals surface area (Å²) < 4.78 is 35.0. The molecule has 0 bridgehead atoms. The Balaban J connectivity index is 2.12. The second kappa shape index (κ2) is 9.70. The Morgan fingerprint density at radius 2 is 1.83 bits per heavy atom. The first-order chi connectivity index (χ1) is 16.7. The molecule has 0 amide bonds. The van der Waals surface area contributed by atoms with Gasteiger partial charge in [0.25, 0.3) is 5.56 Å². The van der Waals surface area contributed by atoms with Gasteiger partial charge in [-0.25, -0.2) is 22.7 Å². The van der Waals surface area contributed by atoms with E-state index in [9.17, 15) is 23.6 Å². The molecule has 2 aromatic carbocycles. The third kappa shape index (κ3) is 4.67. The van der Waals surface area contributed by atoms with Gasteiger partial charge in [0.15, 0.2) is 0 Å². The number of benzene rings is 2. The first kappa shape index (κ1) is 24.1. The van der Waals surface area contributed by atoms with Gasteiger partial charge in [0.2, 0.25) is 5.88 Å². The highest BCUT2D eigenvalue weighted by atomic mass is 35.5. The highest BCUT2D eigenvalue weighted by Crippen LogP contribution is 2.35. The highest BCUT2D eigenvalue weighted by molar-refractivity contribution is 6.32. The first-order valence-electron chi connectivity index (χ1n) is 9.98. The lowest BCUT2D eigenvalue weighted by Crippen LogP contribution is -2.40. The molecule has 0 atom stereocenters. The van der Waals surface area contributed by atoms with Gasteiger partial charge in [-0.3, -0.25) is 9.78 Å². The molecule has 0 aliphatic rings. The predicted octanol–water partition coefficient (Wildman–Crippen LogP) is 5.27. The Morgan fingerprint density at radius 1 is 1.06 bits per heavy atom. The van der Waals surface area contributed by atoms with Gasteiger partial charge in [0, 0.05) is 6.20 Å². The number of aryl methyl sites for hydroxylation is 1. The first-order valence-corrected chi connectivity index (χ1v) is 10.7. The van der Waals surface area contributed by atoms with Crippen molar-refractivity contribution in [3.8, 4) is 34.5 Å². The van der Waals surface area contributed by atoms with Crippen molar-refractivity contribution in [2.24, 2.45) is 0 Å². The molecule has 4 rings (SSSR count). The van der Waals surface area contributed by atoms with E-state index in [1.165, 1.54) is 30.6 Å². The number of halogens is 4. The van der Waals surface area contributed by atoms with Gasteiger partial charge in [0.1, 0.15) is 29.5 Å². The average molecular weight is 515 g/mol. The quantitative estimate of drug-likeness (QED) is 0.361. The Labute approximate surface area is 207 Å². The lowest BCUT2D eigenvalue weighted by molar-refractivity contribution is 0.421. The molecule has 0 fully saturated rings. The maximum atomic E-state index is 13.9. The van der Waals surface area contributed by atoms with E-state index in [4.69, 9.17) is 27.9 Å². The van der Waals surface area contributed by atoms with E-state index in [1.807, 2.05) is 6.07 Å². The van der Waals surface area contributed by atoms with Crippen molar-refractivity contribution in [2.75, 3.05) is 0 Å². The fraction of sp³-hybridized carbons (Fsp3) is 0.0833. The lowest BCUT2D eigenvalue weighted by atomic mass is 10.1. The molecule has 2 heterocycles. The summed E-state index contributed by atoms with van der Waals surface area (Å²) in [5.74, 6) is -1.80. The maximum Gasteiger partial charge on any atom is 0.339 e. The van der Waals surface area contributed by atoms with Crippen LogP contribution in [0.15, 0.2) is 64.4 Å². The van der Waals surface area contributed by atoms with Crippen molar-refractivity contribution < 1.29 is 13.5 Å². The summed E-state index contributed by atoms with van der Waals surface area (Å²) in [5, 5.41) is 9.01. The molecule has 0 spiro atoms. The number of aromatic nitrogens is 3. The predicted molar refractivity (Wildman–Crippen MR) is 126 cm³/mol. The van der Waals surface area contributed by atoms with Crippen LogP contribution in [0.25, 0.3) is 16.8 Å². The van der Waals surface area contributed by atoms with Crippen molar-refractivity contribution in [1.29, 1.82) is 5.26 Å². The Hall–Kier alpha value is -4.00. The van der Waals surface area contributed by atoms with Gasteiger partial charge in [-0.1, -0.05) is 29.3 Å². The van der Waals surface area contributed by atoms with E-state index in [0.717, 1.165) is 27.3 Å². The molecule has 2 aromatic heterocycles. The second-order valence-corrected chi connectivity index (χ2v) is 8.19. The molecule has 0 radical (unpaired) electrons. The van der Waals surface area contributed by atoms with Crippen LogP contribution in [0.4, 0.5) is 8.78 Å². The van der Waals surface area contributed by atoms with Gasteiger partial charge in [-0.15, -0.1) is 0 Å². The van der Waals surface area contributed by atoms with Crippen molar-refractivity contribution in [2.45, 2.75) is 13.5 Å². The number of nitrogens with zero attached hydrogens (tertiary/aromatic N) is 4. The Kier molecular flexibility index (Phi) is 6.69. The molecule has 0 aliphatic heterocycles. The van der Waals surface area contributed by atoms with Gasteiger partial charge >= 0.3 is 5.69 Å². The summed E-state index contributed by atoms with van der Waals surface area (Å²) in [7, 11) is 0. The number of nitriles is 1. The van der Waals surface area contributed by atoms with Crippen LogP contribution in [-0.2, 0) is 6.54 Å². The molecule has 0 saturated carbocycles. The zero-order valence-electron chi connectivity index (χ0n) is 17.9. The average Bonchev–Trinajstić information content (AvgIpc) is 2.80. The molecule has 0 N–H and O–H groups in total. The largest absolute Gasteiger partial charge is 0.438 e. The molecule has 0 unspecified atom stereocenters. The zero-order chi connectivity index (χ0) is 25.3. The third-order valence-corrected chi connectivity index (χ3v) is 5.54. The lowest BCUT2D eigenvalue weighted by Gasteiger charge is -2.19. The number of rotatable bonds is 5. The summed E-state index contributed by atoms with van der Waals surface area (Å²) in [6.45, 7) is 1.21. The van der Waals surface area contributed by atoms with Crippen molar-refractivity contribution >= 4 is 23.2 Å². The molecule has 35 heavy (non-hydrogen) atoms. The fourth-order valence-electron chi connectivity index (χ4n) is 3.40. The van der Waals surface area contributed by atoms with E-state index in [-0.39, 0.29) is 38.5 Å². The smallest absolute Gasteiger partial charge is 0.339 e. The maximum absolute atomic E-state index is 13.9. The van der Waals surface area contributed by atoms with Crippen molar-refractivity contribution in [3.05, 3.63) is 103 Å². The van der Waals surface area contributed by atoms with Crippen LogP contribution < -0.4 is 16.0 Å². The highest BCUT2D eigenvalue weighted by Gasteiger charge is 2.25. The van der Waals surface area contributed by atoms with Gasteiger partial charge in [-0.2, -0.15) is 5.26 Å². The third-order valence-electron chi connectivity index (χ3n) is 4.95. The number of pyridine rings is 1. The van der Waals surface area contributed by atoms with Crippen LogP contribution in [0, 0.1) is 29.9 Å². The topological polar surface area (TPSA) is 89.9 Å². The van der Waals surface area contributed by atoms with E-state index in [1.54, 1.807) is 13.0 Å². The van der Waals surface area contributed by atoms with Gasteiger partial charge in [0.05, 0.1) is 28.0 Å². The van der Waals surface area contributed by atoms with Crippen LogP contribution in [0.1, 0.15) is 5.56 Å². The molecule has 176 valence electrons. The van der Waals surface area contributed by atoms with Gasteiger partial charge < -0.3 is 4.74 Å². The molecular formula is C24H14Cl2F2N4O3. The minimum absolute atomic E-state index is 0.0806. The number of hydrogen-bond donors (Lipinski definition) is 0. The number of hydrogen-bond acceptors (Lipinski definition) is 5. The Morgan fingerprint density at radius 3 is 2.49 bits per heavy atom. The van der Waals surface area contributed by atoms with Crippen molar-refractivity contribution in [3.63, 3.8) is 0 Å². The standard InChI is InChI=1S/C24H14Cl2F2N4O3/c1-13-8-16(12-30-11-13)32-22(33)21(14-2-4-19(28)17(25)9-14)23(31(7-6-29)24(32)34)35-20-5-3-15(27)10-18(20)26/h2-5,8-12H,7H2,1H3. The minimum atomic E-state index is -0.894. The summed E-state index contributed by atoms with van der Waals surface area (Å²) >= 11 is 12.1. The molecule has 0 aliphatic carbocycles. The molecular weight excluding hydrogens is 501 g/mol. The summed E-state index contributed by atoms with van der Waals surface area (Å²) in [6, 6.07) is 10.2. The molecule has 0 saturated heterocycles. The van der Waals surface area contributed by atoms with E-state index in [2.05, 4.69) is 4.98 Å². The summed E-state index contributed by atoms with van der Waals surface area (Å²) in [4.78, 5) is 31.2. The van der Waals surface area contributed by atoms with E-state index < -0.39 is 29.4 Å². The number of ether oxygens (including phenoxy) is 1. The van der Waals surface area contributed by atoms with Crippen LogP contribution in [0.2, 0.25) is 10.0 Å². The Bertz CT molecular complexity index is 1630. The van der Waals surface area contributed by atoms with Crippen LogP contribution in [0.3, 0.4) is 0 Å². The fourth-order valence-corrected chi connectivity index (χ4v) is 3.79. The zero-order valence-corrected chi connectivity index (χ0v) is 19.4. The molecule has 7 nitrogen and oxygen atoms in total. The normalized spacial score (nSPS) is 10.7. The van der Waals surface area contributed by atoms with Gasteiger partial charge in [-0.05, 0) is 54.4 Å². The van der Waals surface area contributed by atoms with E-state index in [0.29, 0.717) is 5.56 Å².